The van der Waals surface area contributed by atoms with E-state index in [1.165, 1.54) is 0 Å². The summed E-state index contributed by atoms with van der Waals surface area (Å²) in [5.41, 5.74) is 1.97. The van der Waals surface area contributed by atoms with Gasteiger partial charge in [0.2, 0.25) is 0 Å². The summed E-state index contributed by atoms with van der Waals surface area (Å²) < 4.78 is 10.6. The van der Waals surface area contributed by atoms with Gasteiger partial charge in [-0.2, -0.15) is 5.26 Å². The Bertz CT molecular complexity index is 787. The second-order valence-electron chi connectivity index (χ2n) is 5.17. The minimum absolute atomic E-state index is 0.260. The molecule has 0 heterocycles. The van der Waals surface area contributed by atoms with Crippen LogP contribution in [0.25, 0.3) is 11.6 Å². The van der Waals surface area contributed by atoms with Gasteiger partial charge in [-0.3, -0.25) is 4.79 Å². The number of allylic oxidation sites excluding steroid dienone is 1. The van der Waals surface area contributed by atoms with Gasteiger partial charge in [-0.05, 0) is 42.3 Å². The highest BCUT2D eigenvalue weighted by Gasteiger charge is 2.08. The molecule has 0 bridgehead atoms. The summed E-state index contributed by atoms with van der Waals surface area (Å²) in [4.78, 5) is 11.6. The van der Waals surface area contributed by atoms with Gasteiger partial charge in [0.15, 0.2) is 0 Å². The second kappa shape index (κ2) is 8.54. The molecule has 0 fully saturated rings. The van der Waals surface area contributed by atoms with Gasteiger partial charge in [-0.15, -0.1) is 0 Å². The van der Waals surface area contributed by atoms with Crippen LogP contribution in [0.5, 0.6) is 11.5 Å². The van der Waals surface area contributed by atoms with Crippen molar-refractivity contribution in [2.24, 2.45) is 0 Å². The summed E-state index contributed by atoms with van der Waals surface area (Å²) in [5.74, 6) is 0.846. The number of hydrogen-bond donors (Lipinski definition) is 0. The standard InChI is InChI=1S/C20H19NO3/c1-3-7-20(22)24-17-9-6-8-15(13-17)12-16(14-21)18-10-4-5-11-19(18)23-2/h4-6,8-13H,3,7H2,1-2H3/b16-12-. The van der Waals surface area contributed by atoms with Gasteiger partial charge in [0.25, 0.3) is 0 Å². The molecule has 2 aromatic rings. The van der Waals surface area contributed by atoms with Gasteiger partial charge in [0.1, 0.15) is 11.5 Å². The maximum Gasteiger partial charge on any atom is 0.311 e. The lowest BCUT2D eigenvalue weighted by atomic mass is 10.0. The Balaban J connectivity index is 2.32. The minimum Gasteiger partial charge on any atom is -0.496 e. The third kappa shape index (κ3) is 4.47. The number of hydrogen-bond acceptors (Lipinski definition) is 4. The smallest absolute Gasteiger partial charge is 0.311 e. The zero-order chi connectivity index (χ0) is 17.4. The van der Waals surface area contributed by atoms with Crippen molar-refractivity contribution in [2.75, 3.05) is 7.11 Å². The number of ether oxygens (including phenoxy) is 2. The van der Waals surface area contributed by atoms with Crippen LogP contribution in [0.1, 0.15) is 30.9 Å². The number of para-hydroxylation sites is 1. The number of nitriles is 1. The first kappa shape index (κ1) is 17.3. The van der Waals surface area contributed by atoms with Crippen molar-refractivity contribution in [3.8, 4) is 17.6 Å². The van der Waals surface area contributed by atoms with Crippen LogP contribution < -0.4 is 9.47 Å². The number of carbonyl (C=O) groups is 1. The Morgan fingerprint density at radius 3 is 2.71 bits per heavy atom. The summed E-state index contributed by atoms with van der Waals surface area (Å²) >= 11 is 0. The zero-order valence-electron chi connectivity index (χ0n) is 13.8. The van der Waals surface area contributed by atoms with Crippen LogP contribution in [-0.2, 0) is 4.79 Å². The summed E-state index contributed by atoms with van der Waals surface area (Å²) in [6.07, 6.45) is 2.87. The third-order valence-electron chi connectivity index (χ3n) is 3.37. The quantitative estimate of drug-likeness (QED) is 0.341. The van der Waals surface area contributed by atoms with Crippen molar-refractivity contribution in [2.45, 2.75) is 19.8 Å². The fourth-order valence-corrected chi connectivity index (χ4v) is 2.26. The Kier molecular flexibility index (Phi) is 6.16. The molecule has 0 N–H and O–H groups in total. The summed E-state index contributed by atoms with van der Waals surface area (Å²) in [6, 6.07) is 16.6. The first-order valence-electron chi connectivity index (χ1n) is 7.74. The van der Waals surface area contributed by atoms with E-state index in [1.54, 1.807) is 31.4 Å². The Morgan fingerprint density at radius 2 is 2.00 bits per heavy atom. The predicted octanol–water partition coefficient (Wildman–Crippen LogP) is 4.46. The van der Waals surface area contributed by atoms with Crippen molar-refractivity contribution in [3.63, 3.8) is 0 Å². The highest BCUT2D eigenvalue weighted by atomic mass is 16.5. The monoisotopic (exact) mass is 321 g/mol. The average Bonchev–Trinajstić information content (AvgIpc) is 2.60. The van der Waals surface area contributed by atoms with Crippen molar-refractivity contribution in [3.05, 3.63) is 59.7 Å². The Morgan fingerprint density at radius 1 is 1.21 bits per heavy atom. The minimum atomic E-state index is -0.260. The van der Waals surface area contributed by atoms with Crippen LogP contribution in [-0.4, -0.2) is 13.1 Å². The zero-order valence-corrected chi connectivity index (χ0v) is 13.8. The molecule has 0 radical (unpaired) electrons. The lowest BCUT2D eigenvalue weighted by Crippen LogP contribution is -2.06. The fraction of sp³-hybridized carbons (Fsp3) is 0.200. The van der Waals surface area contributed by atoms with Gasteiger partial charge in [-0.25, -0.2) is 0 Å². The molecule has 4 heteroatoms. The SMILES string of the molecule is CCCC(=O)Oc1cccc(/C=C(/C#N)c2ccccc2OC)c1. The van der Waals surface area contributed by atoms with Crippen LogP contribution in [0.4, 0.5) is 0 Å². The highest BCUT2D eigenvalue weighted by molar-refractivity contribution is 5.91. The van der Waals surface area contributed by atoms with E-state index in [0.29, 0.717) is 23.5 Å². The first-order chi connectivity index (χ1) is 11.7. The highest BCUT2D eigenvalue weighted by Crippen LogP contribution is 2.27. The molecular formula is C20H19NO3. The van der Waals surface area contributed by atoms with E-state index in [4.69, 9.17) is 9.47 Å². The van der Waals surface area contributed by atoms with Crippen molar-refractivity contribution in [1.82, 2.24) is 0 Å². The number of nitrogens with zero attached hydrogens (tertiary/aromatic N) is 1. The van der Waals surface area contributed by atoms with Crippen LogP contribution in [0.15, 0.2) is 48.5 Å². The number of benzene rings is 2. The molecule has 0 spiro atoms. The topological polar surface area (TPSA) is 59.3 Å². The molecule has 0 saturated carbocycles. The molecule has 2 rings (SSSR count). The van der Waals surface area contributed by atoms with E-state index in [9.17, 15) is 10.1 Å². The molecule has 0 aliphatic heterocycles. The summed E-state index contributed by atoms with van der Waals surface area (Å²) in [7, 11) is 1.57. The first-order valence-corrected chi connectivity index (χ1v) is 7.74. The molecule has 2 aromatic carbocycles. The second-order valence-corrected chi connectivity index (χ2v) is 5.17. The third-order valence-corrected chi connectivity index (χ3v) is 3.37. The number of methoxy groups -OCH3 is 1. The van der Waals surface area contributed by atoms with Gasteiger partial charge in [0, 0.05) is 12.0 Å². The lowest BCUT2D eigenvalue weighted by molar-refractivity contribution is -0.134. The molecule has 24 heavy (non-hydrogen) atoms. The van der Waals surface area contributed by atoms with Crippen LogP contribution in [0.2, 0.25) is 0 Å². The lowest BCUT2D eigenvalue weighted by Gasteiger charge is -2.07. The van der Waals surface area contributed by atoms with Crippen LogP contribution in [0, 0.1) is 11.3 Å². The van der Waals surface area contributed by atoms with E-state index < -0.39 is 0 Å². The van der Waals surface area contributed by atoms with E-state index >= 15 is 0 Å². The van der Waals surface area contributed by atoms with E-state index in [1.807, 2.05) is 37.3 Å². The molecule has 0 aliphatic carbocycles. The van der Waals surface area contributed by atoms with E-state index in [-0.39, 0.29) is 5.97 Å². The molecular weight excluding hydrogens is 302 g/mol. The molecule has 0 unspecified atom stereocenters. The van der Waals surface area contributed by atoms with Crippen molar-refractivity contribution < 1.29 is 14.3 Å². The normalized spacial score (nSPS) is 10.8. The van der Waals surface area contributed by atoms with Crippen molar-refractivity contribution in [1.29, 1.82) is 5.26 Å². The van der Waals surface area contributed by atoms with E-state index in [2.05, 4.69) is 6.07 Å². The number of rotatable bonds is 6. The average molecular weight is 321 g/mol. The molecule has 122 valence electrons. The molecule has 0 amide bonds. The van der Waals surface area contributed by atoms with Crippen molar-refractivity contribution >= 4 is 17.6 Å². The van der Waals surface area contributed by atoms with Crippen LogP contribution >= 0.6 is 0 Å². The predicted molar refractivity (Wildman–Crippen MR) is 93.5 cm³/mol. The summed E-state index contributed by atoms with van der Waals surface area (Å²) in [6.45, 7) is 1.92. The fourth-order valence-electron chi connectivity index (χ4n) is 2.26. The summed E-state index contributed by atoms with van der Waals surface area (Å²) in [5, 5.41) is 9.49. The number of esters is 1. The largest absolute Gasteiger partial charge is 0.496 e. The van der Waals surface area contributed by atoms with Gasteiger partial charge in [0.05, 0.1) is 18.8 Å². The maximum absolute atomic E-state index is 11.6. The Hall–Kier alpha value is -3.06. The van der Waals surface area contributed by atoms with Crippen LogP contribution in [0.3, 0.4) is 0 Å². The molecule has 4 nitrogen and oxygen atoms in total. The van der Waals surface area contributed by atoms with Gasteiger partial charge >= 0.3 is 5.97 Å². The van der Waals surface area contributed by atoms with Gasteiger partial charge < -0.3 is 9.47 Å². The molecule has 0 aromatic heterocycles. The molecule has 0 saturated heterocycles. The molecule has 0 aliphatic rings. The number of carbonyl (C=O) groups excluding carboxylic acids is 1. The van der Waals surface area contributed by atoms with E-state index in [0.717, 1.165) is 17.5 Å². The Labute approximate surface area is 141 Å². The van der Waals surface area contributed by atoms with Gasteiger partial charge in [-0.1, -0.05) is 31.2 Å². The maximum atomic E-state index is 11.6. The molecule has 0 atom stereocenters.